The lowest BCUT2D eigenvalue weighted by molar-refractivity contribution is -0.126. The zero-order valence-electron chi connectivity index (χ0n) is 14.8. The number of carbonyl (C=O) groups excluding carboxylic acids is 1. The minimum atomic E-state index is 0.102. The molecule has 1 aromatic rings. The maximum Gasteiger partial charge on any atom is 0.223 e. The average molecular weight is 336 g/mol. The number of nitrogens with one attached hydrogen (secondary N) is 1. The van der Waals surface area contributed by atoms with Crippen molar-refractivity contribution in [1.82, 2.24) is 10.2 Å². The van der Waals surface area contributed by atoms with Crippen LogP contribution in [0.15, 0.2) is 18.2 Å². The first kappa shape index (κ1) is 18.5. The third-order valence-corrected chi connectivity index (χ3v) is 4.45. The molecule has 2 rings (SSSR count). The number of carbonyl (C=O) groups is 1. The van der Waals surface area contributed by atoms with Crippen LogP contribution >= 0.6 is 0 Å². The molecule has 6 nitrogen and oxygen atoms in total. The van der Waals surface area contributed by atoms with Crippen LogP contribution in [-0.4, -0.2) is 58.4 Å². The molecular formula is C18H28N2O4. The molecule has 0 atom stereocenters. The molecule has 0 unspecified atom stereocenters. The number of rotatable bonds is 8. The zero-order valence-corrected chi connectivity index (χ0v) is 14.8. The summed E-state index contributed by atoms with van der Waals surface area (Å²) >= 11 is 0. The third-order valence-electron chi connectivity index (χ3n) is 4.45. The second kappa shape index (κ2) is 9.49. The van der Waals surface area contributed by atoms with E-state index in [1.54, 1.807) is 21.3 Å². The van der Waals surface area contributed by atoms with Gasteiger partial charge < -0.3 is 19.5 Å². The first-order chi connectivity index (χ1) is 11.7. The number of piperidine rings is 1. The van der Waals surface area contributed by atoms with Gasteiger partial charge in [0.05, 0.1) is 20.8 Å². The molecule has 1 saturated heterocycles. The Bertz CT molecular complexity index is 528. The van der Waals surface area contributed by atoms with Gasteiger partial charge in [-0.25, -0.2) is 0 Å². The SMILES string of the molecule is COCCNC(=O)C1CCN(Cc2cc(OC)ccc2OC)CC1. The van der Waals surface area contributed by atoms with Crippen LogP contribution in [0.3, 0.4) is 0 Å². The number of ether oxygens (including phenoxy) is 3. The van der Waals surface area contributed by atoms with Crippen molar-refractivity contribution in [3.05, 3.63) is 23.8 Å². The Labute approximate surface area is 144 Å². The fourth-order valence-electron chi connectivity index (χ4n) is 3.02. The average Bonchev–Trinajstić information content (AvgIpc) is 2.62. The van der Waals surface area contributed by atoms with E-state index in [0.29, 0.717) is 13.2 Å². The second-order valence-electron chi connectivity index (χ2n) is 6.01. The summed E-state index contributed by atoms with van der Waals surface area (Å²) in [6, 6.07) is 5.85. The molecule has 1 fully saturated rings. The van der Waals surface area contributed by atoms with Gasteiger partial charge in [0.2, 0.25) is 5.91 Å². The van der Waals surface area contributed by atoms with Crippen LogP contribution in [0.2, 0.25) is 0 Å². The molecule has 134 valence electrons. The Balaban J connectivity index is 1.86. The van der Waals surface area contributed by atoms with Crippen molar-refractivity contribution in [3.63, 3.8) is 0 Å². The maximum atomic E-state index is 12.1. The van der Waals surface area contributed by atoms with E-state index in [-0.39, 0.29) is 11.8 Å². The molecule has 0 spiro atoms. The highest BCUT2D eigenvalue weighted by Gasteiger charge is 2.25. The molecule has 0 saturated carbocycles. The van der Waals surface area contributed by atoms with Crippen LogP contribution in [0, 0.1) is 5.92 Å². The summed E-state index contributed by atoms with van der Waals surface area (Å²) in [6.45, 7) is 3.75. The summed E-state index contributed by atoms with van der Waals surface area (Å²) in [4.78, 5) is 14.5. The van der Waals surface area contributed by atoms with Gasteiger partial charge in [0.15, 0.2) is 0 Å². The van der Waals surface area contributed by atoms with Crippen LogP contribution in [0.4, 0.5) is 0 Å². The van der Waals surface area contributed by atoms with E-state index in [4.69, 9.17) is 14.2 Å². The van der Waals surface area contributed by atoms with Gasteiger partial charge in [0.25, 0.3) is 0 Å². The number of methoxy groups -OCH3 is 3. The molecule has 1 aliphatic rings. The van der Waals surface area contributed by atoms with Crippen LogP contribution < -0.4 is 14.8 Å². The first-order valence-electron chi connectivity index (χ1n) is 8.37. The number of hydrogen-bond acceptors (Lipinski definition) is 5. The Hall–Kier alpha value is -1.79. The van der Waals surface area contributed by atoms with Crippen molar-refractivity contribution in [2.75, 3.05) is 47.6 Å². The molecule has 1 heterocycles. The van der Waals surface area contributed by atoms with Crippen LogP contribution in [0.5, 0.6) is 11.5 Å². The van der Waals surface area contributed by atoms with Crippen LogP contribution in [0.25, 0.3) is 0 Å². The molecule has 1 N–H and O–H groups in total. The van der Waals surface area contributed by atoms with Crippen molar-refractivity contribution < 1.29 is 19.0 Å². The second-order valence-corrected chi connectivity index (χ2v) is 6.01. The van der Waals surface area contributed by atoms with Crippen molar-refractivity contribution in [3.8, 4) is 11.5 Å². The largest absolute Gasteiger partial charge is 0.497 e. The van der Waals surface area contributed by atoms with Gasteiger partial charge in [-0.05, 0) is 44.1 Å². The Morgan fingerprint density at radius 3 is 2.58 bits per heavy atom. The van der Waals surface area contributed by atoms with Crippen molar-refractivity contribution in [1.29, 1.82) is 0 Å². The van der Waals surface area contributed by atoms with Crippen LogP contribution in [-0.2, 0) is 16.1 Å². The topological polar surface area (TPSA) is 60.0 Å². The molecule has 0 radical (unpaired) electrons. The van der Waals surface area contributed by atoms with E-state index in [1.807, 2.05) is 18.2 Å². The molecule has 1 aliphatic heterocycles. The number of benzene rings is 1. The summed E-state index contributed by atoms with van der Waals surface area (Å²) in [5.74, 6) is 1.95. The Morgan fingerprint density at radius 1 is 1.21 bits per heavy atom. The Morgan fingerprint density at radius 2 is 1.96 bits per heavy atom. The van der Waals surface area contributed by atoms with E-state index < -0.39 is 0 Å². The Kier molecular flexibility index (Phi) is 7.34. The molecule has 6 heteroatoms. The maximum absolute atomic E-state index is 12.1. The van der Waals surface area contributed by atoms with Crippen LogP contribution in [0.1, 0.15) is 18.4 Å². The number of likely N-dealkylation sites (tertiary alicyclic amines) is 1. The summed E-state index contributed by atoms with van der Waals surface area (Å²) in [6.07, 6.45) is 1.76. The highest BCUT2D eigenvalue weighted by atomic mass is 16.5. The molecular weight excluding hydrogens is 308 g/mol. The number of amides is 1. The summed E-state index contributed by atoms with van der Waals surface area (Å²) < 4.78 is 15.7. The lowest BCUT2D eigenvalue weighted by Gasteiger charge is -2.31. The molecule has 0 aromatic heterocycles. The van der Waals surface area contributed by atoms with E-state index in [0.717, 1.165) is 49.5 Å². The molecule has 0 bridgehead atoms. The highest BCUT2D eigenvalue weighted by Crippen LogP contribution is 2.27. The lowest BCUT2D eigenvalue weighted by atomic mass is 9.95. The van der Waals surface area contributed by atoms with Gasteiger partial charge in [0.1, 0.15) is 11.5 Å². The first-order valence-corrected chi connectivity index (χ1v) is 8.37. The fraction of sp³-hybridized carbons (Fsp3) is 0.611. The van der Waals surface area contributed by atoms with Gasteiger partial charge in [-0.3, -0.25) is 9.69 Å². The lowest BCUT2D eigenvalue weighted by Crippen LogP contribution is -2.41. The van der Waals surface area contributed by atoms with Gasteiger partial charge in [-0.1, -0.05) is 0 Å². The summed E-state index contributed by atoms with van der Waals surface area (Å²) in [5, 5.41) is 2.93. The zero-order chi connectivity index (χ0) is 17.4. The predicted octanol–water partition coefficient (Wildman–Crippen LogP) is 1.68. The minimum Gasteiger partial charge on any atom is -0.497 e. The summed E-state index contributed by atoms with van der Waals surface area (Å²) in [7, 11) is 4.98. The molecule has 0 aliphatic carbocycles. The monoisotopic (exact) mass is 336 g/mol. The third kappa shape index (κ3) is 5.11. The smallest absolute Gasteiger partial charge is 0.223 e. The van der Waals surface area contributed by atoms with E-state index in [1.165, 1.54) is 0 Å². The quantitative estimate of drug-likeness (QED) is 0.732. The fourth-order valence-corrected chi connectivity index (χ4v) is 3.02. The number of hydrogen-bond donors (Lipinski definition) is 1. The van der Waals surface area contributed by atoms with Gasteiger partial charge >= 0.3 is 0 Å². The molecule has 1 aromatic carbocycles. The van der Waals surface area contributed by atoms with Crippen molar-refractivity contribution in [2.24, 2.45) is 5.92 Å². The normalized spacial score (nSPS) is 16.0. The van der Waals surface area contributed by atoms with Gasteiger partial charge in [-0.15, -0.1) is 0 Å². The van der Waals surface area contributed by atoms with Crippen molar-refractivity contribution in [2.45, 2.75) is 19.4 Å². The van der Waals surface area contributed by atoms with E-state index in [2.05, 4.69) is 10.2 Å². The minimum absolute atomic E-state index is 0.102. The van der Waals surface area contributed by atoms with E-state index >= 15 is 0 Å². The predicted molar refractivity (Wildman–Crippen MR) is 92.4 cm³/mol. The van der Waals surface area contributed by atoms with Crippen molar-refractivity contribution >= 4 is 5.91 Å². The van der Waals surface area contributed by atoms with Gasteiger partial charge in [0, 0.05) is 31.7 Å². The van der Waals surface area contributed by atoms with Gasteiger partial charge in [-0.2, -0.15) is 0 Å². The molecule has 24 heavy (non-hydrogen) atoms. The standard InChI is InChI=1S/C18H28N2O4/c1-22-11-8-19-18(21)14-6-9-20(10-7-14)13-15-12-16(23-2)4-5-17(15)24-3/h4-5,12,14H,6-11,13H2,1-3H3,(H,19,21). The molecule has 1 amide bonds. The van der Waals surface area contributed by atoms with E-state index in [9.17, 15) is 4.79 Å². The number of nitrogens with zero attached hydrogens (tertiary/aromatic N) is 1. The highest BCUT2D eigenvalue weighted by molar-refractivity contribution is 5.78. The summed E-state index contributed by atoms with van der Waals surface area (Å²) in [5.41, 5.74) is 1.11.